The number of hydrogen-bond donors (Lipinski definition) is 1. The minimum absolute atomic E-state index is 0.136. The van der Waals surface area contributed by atoms with Gasteiger partial charge in [-0.2, -0.15) is 13.2 Å². The van der Waals surface area contributed by atoms with Crippen molar-refractivity contribution in [2.75, 3.05) is 0 Å². The minimum atomic E-state index is -4.08. The van der Waals surface area contributed by atoms with E-state index < -0.39 is 18.2 Å². The summed E-state index contributed by atoms with van der Waals surface area (Å²) in [5.41, 5.74) is 0. The second-order valence-electron chi connectivity index (χ2n) is 6.47. The van der Waals surface area contributed by atoms with Crippen molar-refractivity contribution in [1.82, 2.24) is 0 Å². The van der Waals surface area contributed by atoms with Crippen LogP contribution in [0.2, 0.25) is 0 Å². The van der Waals surface area contributed by atoms with Gasteiger partial charge in [0, 0.05) is 0 Å². The smallest absolute Gasteiger partial charge is 0.391 e. The van der Waals surface area contributed by atoms with Crippen LogP contribution in [0.15, 0.2) is 0 Å². The highest BCUT2D eigenvalue weighted by atomic mass is 19.4. The first-order chi connectivity index (χ1) is 8.97. The first kappa shape index (κ1) is 15.1. The fraction of sp³-hybridized carbons (Fsp3) is 1.00. The lowest BCUT2D eigenvalue weighted by Crippen LogP contribution is -2.34. The van der Waals surface area contributed by atoms with E-state index in [2.05, 4.69) is 0 Å². The van der Waals surface area contributed by atoms with Crippen LogP contribution in [0.5, 0.6) is 0 Å². The van der Waals surface area contributed by atoms with Crippen molar-refractivity contribution >= 4 is 0 Å². The van der Waals surface area contributed by atoms with E-state index in [0.717, 1.165) is 25.7 Å². The molecule has 0 aromatic heterocycles. The van der Waals surface area contributed by atoms with Gasteiger partial charge in [-0.1, -0.05) is 38.5 Å². The predicted octanol–water partition coefficient (Wildman–Crippen LogP) is 4.69. The highest BCUT2D eigenvalue weighted by Crippen LogP contribution is 2.42. The van der Waals surface area contributed by atoms with E-state index in [0.29, 0.717) is 12.3 Å². The van der Waals surface area contributed by atoms with Crippen molar-refractivity contribution in [2.24, 2.45) is 17.8 Å². The fourth-order valence-electron chi connectivity index (χ4n) is 3.83. The molecule has 2 fully saturated rings. The van der Waals surface area contributed by atoms with E-state index in [1.165, 1.54) is 19.3 Å². The Bertz CT molecular complexity index is 271. The molecule has 0 aromatic rings. The third kappa shape index (κ3) is 4.37. The summed E-state index contributed by atoms with van der Waals surface area (Å²) in [7, 11) is 0. The topological polar surface area (TPSA) is 20.2 Å². The van der Waals surface area contributed by atoms with E-state index in [9.17, 15) is 18.3 Å². The summed E-state index contributed by atoms with van der Waals surface area (Å²) in [6.45, 7) is 0. The normalized spacial score (nSPS) is 32.2. The Morgan fingerprint density at radius 3 is 2.26 bits per heavy atom. The molecule has 2 saturated carbocycles. The van der Waals surface area contributed by atoms with Crippen molar-refractivity contribution in [3.63, 3.8) is 0 Å². The van der Waals surface area contributed by atoms with Crippen LogP contribution in [0.4, 0.5) is 13.2 Å². The van der Waals surface area contributed by atoms with Crippen LogP contribution < -0.4 is 0 Å². The number of halogens is 3. The van der Waals surface area contributed by atoms with Crippen LogP contribution in [-0.2, 0) is 0 Å². The number of hydrogen-bond acceptors (Lipinski definition) is 1. The second-order valence-corrected chi connectivity index (χ2v) is 6.47. The molecule has 0 bridgehead atoms. The van der Waals surface area contributed by atoms with Gasteiger partial charge in [0.25, 0.3) is 0 Å². The maximum atomic E-state index is 12.8. The molecule has 0 saturated heterocycles. The van der Waals surface area contributed by atoms with Crippen molar-refractivity contribution in [3.05, 3.63) is 0 Å². The Labute approximate surface area is 113 Å². The SMILES string of the molecule is OC(CC1CCCCC1)C1CCCC(C(F)(F)F)C1. The monoisotopic (exact) mass is 278 g/mol. The molecule has 3 atom stereocenters. The summed E-state index contributed by atoms with van der Waals surface area (Å²) >= 11 is 0. The molecular weight excluding hydrogens is 253 g/mol. The summed E-state index contributed by atoms with van der Waals surface area (Å²) in [5.74, 6) is -0.787. The Kier molecular flexibility index (Phi) is 5.15. The molecule has 2 aliphatic carbocycles. The third-order valence-electron chi connectivity index (χ3n) is 5.02. The highest BCUT2D eigenvalue weighted by Gasteiger charge is 2.43. The van der Waals surface area contributed by atoms with Crippen LogP contribution in [0, 0.1) is 17.8 Å². The van der Waals surface area contributed by atoms with Crippen LogP contribution in [0.25, 0.3) is 0 Å². The number of rotatable bonds is 3. The van der Waals surface area contributed by atoms with Gasteiger partial charge in [-0.05, 0) is 37.5 Å². The molecule has 1 nitrogen and oxygen atoms in total. The molecule has 1 N–H and O–H groups in total. The van der Waals surface area contributed by atoms with Gasteiger partial charge in [0.2, 0.25) is 0 Å². The number of aliphatic hydroxyl groups is 1. The highest BCUT2D eigenvalue weighted by molar-refractivity contribution is 4.83. The van der Waals surface area contributed by atoms with Crippen LogP contribution >= 0.6 is 0 Å². The Balaban J connectivity index is 1.82. The molecule has 2 rings (SSSR count). The average Bonchev–Trinajstić information content (AvgIpc) is 2.39. The largest absolute Gasteiger partial charge is 0.393 e. The van der Waals surface area contributed by atoms with Crippen molar-refractivity contribution in [2.45, 2.75) is 76.5 Å². The lowest BCUT2D eigenvalue weighted by atomic mass is 9.75. The number of alkyl halides is 3. The summed E-state index contributed by atoms with van der Waals surface area (Å²) in [6, 6.07) is 0. The lowest BCUT2D eigenvalue weighted by molar-refractivity contribution is -0.189. The molecular formula is C15H25F3O. The average molecular weight is 278 g/mol. The van der Waals surface area contributed by atoms with Gasteiger partial charge in [-0.15, -0.1) is 0 Å². The molecule has 0 amide bonds. The van der Waals surface area contributed by atoms with Crippen LogP contribution in [-0.4, -0.2) is 17.4 Å². The molecule has 0 aromatic carbocycles. The van der Waals surface area contributed by atoms with Gasteiger partial charge < -0.3 is 5.11 Å². The van der Waals surface area contributed by atoms with Gasteiger partial charge in [0.05, 0.1) is 12.0 Å². The summed E-state index contributed by atoms with van der Waals surface area (Å²) in [6.07, 6.45) is 3.86. The van der Waals surface area contributed by atoms with Gasteiger partial charge in [0.1, 0.15) is 0 Å². The zero-order valence-electron chi connectivity index (χ0n) is 11.5. The quantitative estimate of drug-likeness (QED) is 0.794. The van der Waals surface area contributed by atoms with Gasteiger partial charge in [-0.25, -0.2) is 0 Å². The van der Waals surface area contributed by atoms with E-state index in [-0.39, 0.29) is 18.8 Å². The molecule has 0 heterocycles. The first-order valence-electron chi connectivity index (χ1n) is 7.71. The maximum Gasteiger partial charge on any atom is 0.391 e. The zero-order valence-corrected chi connectivity index (χ0v) is 11.5. The van der Waals surface area contributed by atoms with Crippen molar-refractivity contribution in [3.8, 4) is 0 Å². The lowest BCUT2D eigenvalue weighted by Gasteiger charge is -2.35. The molecule has 3 unspecified atom stereocenters. The van der Waals surface area contributed by atoms with Gasteiger partial charge >= 0.3 is 6.18 Å². The molecule has 0 spiro atoms. The summed E-state index contributed by atoms with van der Waals surface area (Å²) in [4.78, 5) is 0. The second kappa shape index (κ2) is 6.47. The van der Waals surface area contributed by atoms with E-state index >= 15 is 0 Å². The molecule has 4 heteroatoms. The zero-order chi connectivity index (χ0) is 13.9. The Morgan fingerprint density at radius 2 is 1.63 bits per heavy atom. The minimum Gasteiger partial charge on any atom is -0.393 e. The predicted molar refractivity (Wildman–Crippen MR) is 68.7 cm³/mol. The first-order valence-corrected chi connectivity index (χ1v) is 7.71. The summed E-state index contributed by atoms with van der Waals surface area (Å²) in [5, 5.41) is 10.2. The van der Waals surface area contributed by atoms with Gasteiger partial charge in [-0.3, -0.25) is 0 Å². The van der Waals surface area contributed by atoms with E-state index in [4.69, 9.17) is 0 Å². The fourth-order valence-corrected chi connectivity index (χ4v) is 3.83. The molecule has 2 aliphatic rings. The van der Waals surface area contributed by atoms with Crippen LogP contribution in [0.1, 0.15) is 64.2 Å². The van der Waals surface area contributed by atoms with Crippen molar-refractivity contribution in [1.29, 1.82) is 0 Å². The maximum absolute atomic E-state index is 12.8. The Morgan fingerprint density at radius 1 is 0.947 bits per heavy atom. The van der Waals surface area contributed by atoms with Gasteiger partial charge in [0.15, 0.2) is 0 Å². The molecule has 0 radical (unpaired) electrons. The number of aliphatic hydroxyl groups excluding tert-OH is 1. The molecule has 19 heavy (non-hydrogen) atoms. The molecule has 112 valence electrons. The summed E-state index contributed by atoms with van der Waals surface area (Å²) < 4.78 is 38.3. The van der Waals surface area contributed by atoms with Crippen LogP contribution in [0.3, 0.4) is 0 Å². The third-order valence-corrected chi connectivity index (χ3v) is 5.02. The standard InChI is InChI=1S/C15H25F3O/c16-15(17,18)13-8-4-7-12(10-13)14(19)9-11-5-2-1-3-6-11/h11-14,19H,1-10H2. The molecule has 0 aliphatic heterocycles. The van der Waals surface area contributed by atoms with E-state index in [1.54, 1.807) is 0 Å². The Hall–Kier alpha value is -0.250. The van der Waals surface area contributed by atoms with E-state index in [1.807, 2.05) is 0 Å². The van der Waals surface area contributed by atoms with Crippen molar-refractivity contribution < 1.29 is 18.3 Å².